The molecule has 2 amide bonds. The third-order valence-electron chi connectivity index (χ3n) is 6.90. The number of alkyl carbamates (subject to hydrolysis) is 1. The number of nitrogens with one attached hydrogen (secondary N) is 2. The molecule has 1 aromatic heterocycles. The third-order valence-corrected chi connectivity index (χ3v) is 8.70. The van der Waals surface area contributed by atoms with Crippen LogP contribution in [-0.4, -0.2) is 61.6 Å². The SMILES string of the molecule is C[C@@H](NC(=O)c1ccnc(S(=O)(=O)N2CCOCC2)c1)c1ccc(-c2cc(C(F)(F)F)ccc2CNC(=O)OC(C)(C)C)cc1. The third kappa shape index (κ3) is 8.80. The van der Waals surface area contributed by atoms with Crippen LogP contribution in [0.25, 0.3) is 11.1 Å². The lowest BCUT2D eigenvalue weighted by molar-refractivity contribution is -0.137. The molecule has 242 valence electrons. The Hall–Kier alpha value is -4.01. The lowest BCUT2D eigenvalue weighted by Crippen LogP contribution is -2.41. The summed E-state index contributed by atoms with van der Waals surface area (Å²) < 4.78 is 78.3. The van der Waals surface area contributed by atoms with Crippen molar-refractivity contribution < 1.29 is 40.7 Å². The molecule has 1 fully saturated rings. The van der Waals surface area contributed by atoms with Gasteiger partial charge in [-0.25, -0.2) is 18.2 Å². The number of aromatic nitrogens is 1. The number of halogens is 3. The highest BCUT2D eigenvalue weighted by Crippen LogP contribution is 2.34. The first-order valence-electron chi connectivity index (χ1n) is 14.2. The Morgan fingerprint density at radius 1 is 1.02 bits per heavy atom. The van der Waals surface area contributed by atoms with E-state index in [4.69, 9.17) is 9.47 Å². The van der Waals surface area contributed by atoms with Crippen LogP contribution in [-0.2, 0) is 32.2 Å². The number of pyridine rings is 1. The summed E-state index contributed by atoms with van der Waals surface area (Å²) >= 11 is 0. The minimum atomic E-state index is -4.57. The second kappa shape index (κ2) is 13.5. The Labute approximate surface area is 260 Å². The smallest absolute Gasteiger partial charge is 0.416 e. The van der Waals surface area contributed by atoms with Crippen LogP contribution < -0.4 is 10.6 Å². The number of carbonyl (C=O) groups excluding carboxylic acids is 2. The Morgan fingerprint density at radius 3 is 2.31 bits per heavy atom. The molecule has 10 nitrogen and oxygen atoms in total. The van der Waals surface area contributed by atoms with Gasteiger partial charge in [-0.2, -0.15) is 17.5 Å². The maximum Gasteiger partial charge on any atom is 0.416 e. The van der Waals surface area contributed by atoms with E-state index < -0.39 is 45.4 Å². The highest BCUT2D eigenvalue weighted by molar-refractivity contribution is 7.89. The number of alkyl halides is 3. The molecule has 4 rings (SSSR count). The molecular formula is C31H35F3N4O6S. The Balaban J connectivity index is 1.50. The highest BCUT2D eigenvalue weighted by atomic mass is 32.2. The number of ether oxygens (including phenoxy) is 2. The van der Waals surface area contributed by atoms with E-state index in [1.165, 1.54) is 28.7 Å². The first-order chi connectivity index (χ1) is 21.0. The topological polar surface area (TPSA) is 127 Å². The average molecular weight is 649 g/mol. The Morgan fingerprint density at radius 2 is 1.69 bits per heavy atom. The first kappa shape index (κ1) is 33.9. The molecule has 2 N–H and O–H groups in total. The van der Waals surface area contributed by atoms with Crippen LogP contribution >= 0.6 is 0 Å². The standard InChI is InChI=1S/C31H35F3N4O6S/c1-20(37-28(39)23-11-12-35-27(17-23)45(41,42)38-13-15-43-16-14-38)21-5-7-22(8-6-21)26-18-25(31(32,33)34)10-9-24(26)19-36-29(40)44-30(2,3)4/h5-12,17-18,20H,13-16,19H2,1-4H3,(H,36,40)(H,37,39)/t20-/m1/s1. The van der Waals surface area contributed by atoms with Crippen molar-refractivity contribution in [1.29, 1.82) is 0 Å². The van der Waals surface area contributed by atoms with Crippen LogP contribution in [0.2, 0.25) is 0 Å². The van der Waals surface area contributed by atoms with E-state index in [1.807, 2.05) is 0 Å². The van der Waals surface area contributed by atoms with Crippen molar-refractivity contribution in [2.45, 2.75) is 57.1 Å². The van der Waals surface area contributed by atoms with Gasteiger partial charge in [0.05, 0.1) is 24.8 Å². The molecule has 14 heteroatoms. The summed E-state index contributed by atoms with van der Waals surface area (Å²) in [5, 5.41) is 5.16. The van der Waals surface area contributed by atoms with Gasteiger partial charge in [-0.15, -0.1) is 0 Å². The van der Waals surface area contributed by atoms with Crippen molar-refractivity contribution in [2.75, 3.05) is 26.3 Å². The quantitative estimate of drug-likeness (QED) is 0.339. The predicted octanol–water partition coefficient (Wildman–Crippen LogP) is 5.30. The fourth-order valence-electron chi connectivity index (χ4n) is 4.58. The van der Waals surface area contributed by atoms with Crippen LogP contribution in [0.4, 0.5) is 18.0 Å². The monoisotopic (exact) mass is 648 g/mol. The van der Waals surface area contributed by atoms with E-state index >= 15 is 0 Å². The second-order valence-electron chi connectivity index (χ2n) is 11.4. The van der Waals surface area contributed by atoms with Crippen molar-refractivity contribution in [2.24, 2.45) is 0 Å². The molecule has 1 atom stereocenters. The van der Waals surface area contributed by atoms with Gasteiger partial charge in [-0.3, -0.25) is 4.79 Å². The van der Waals surface area contributed by atoms with Gasteiger partial charge in [0.1, 0.15) is 5.60 Å². The van der Waals surface area contributed by atoms with E-state index in [9.17, 15) is 31.2 Å². The summed E-state index contributed by atoms with van der Waals surface area (Å²) in [6, 6.07) is 12.0. The van der Waals surface area contributed by atoms with Gasteiger partial charge in [-0.05, 0) is 74.2 Å². The summed E-state index contributed by atoms with van der Waals surface area (Å²) in [6.07, 6.45) is -4.02. The van der Waals surface area contributed by atoms with Crippen LogP contribution in [0.1, 0.15) is 60.8 Å². The number of nitrogens with zero attached hydrogens (tertiary/aromatic N) is 2. The molecule has 0 spiro atoms. The largest absolute Gasteiger partial charge is 0.444 e. The summed E-state index contributed by atoms with van der Waals surface area (Å²) in [7, 11) is -3.90. The number of hydrogen-bond donors (Lipinski definition) is 2. The molecule has 0 aliphatic carbocycles. The molecule has 1 saturated heterocycles. The van der Waals surface area contributed by atoms with Crippen molar-refractivity contribution in [3.8, 4) is 11.1 Å². The van der Waals surface area contributed by atoms with Crippen LogP contribution in [0, 0.1) is 0 Å². The maximum atomic E-state index is 13.6. The van der Waals surface area contributed by atoms with E-state index in [0.29, 0.717) is 16.7 Å². The molecule has 1 aliphatic rings. The van der Waals surface area contributed by atoms with E-state index in [1.54, 1.807) is 52.0 Å². The molecule has 0 radical (unpaired) electrons. The average Bonchev–Trinajstić information content (AvgIpc) is 2.99. The lowest BCUT2D eigenvalue weighted by Gasteiger charge is -2.25. The zero-order chi connectivity index (χ0) is 33.0. The molecule has 1 aliphatic heterocycles. The maximum absolute atomic E-state index is 13.6. The summed E-state index contributed by atoms with van der Waals surface area (Å²) in [6.45, 7) is 7.68. The van der Waals surface area contributed by atoms with Crippen LogP contribution in [0.5, 0.6) is 0 Å². The molecule has 0 saturated carbocycles. The van der Waals surface area contributed by atoms with E-state index in [-0.39, 0.29) is 49.0 Å². The number of rotatable bonds is 8. The van der Waals surface area contributed by atoms with Gasteiger partial charge in [0.2, 0.25) is 0 Å². The van der Waals surface area contributed by atoms with Gasteiger partial charge in [0, 0.05) is 31.4 Å². The highest BCUT2D eigenvalue weighted by Gasteiger charge is 2.31. The first-order valence-corrected chi connectivity index (χ1v) is 15.6. The molecule has 45 heavy (non-hydrogen) atoms. The minimum Gasteiger partial charge on any atom is -0.444 e. The summed E-state index contributed by atoms with van der Waals surface area (Å²) in [5.41, 5.74) is 0.370. The molecule has 2 heterocycles. The minimum absolute atomic E-state index is 0.0637. The second-order valence-corrected chi connectivity index (χ2v) is 13.3. The zero-order valence-electron chi connectivity index (χ0n) is 25.3. The molecule has 0 bridgehead atoms. The fraction of sp³-hybridized carbons (Fsp3) is 0.387. The number of sulfonamides is 1. The fourth-order valence-corrected chi connectivity index (χ4v) is 5.95. The van der Waals surface area contributed by atoms with Gasteiger partial charge in [0.15, 0.2) is 5.03 Å². The zero-order valence-corrected chi connectivity index (χ0v) is 26.1. The Bertz CT molecular complexity index is 1630. The predicted molar refractivity (Wildman–Crippen MR) is 160 cm³/mol. The molecule has 0 unspecified atom stereocenters. The normalized spacial score (nSPS) is 15.3. The summed E-state index contributed by atoms with van der Waals surface area (Å²) in [4.78, 5) is 29.2. The number of carbonyl (C=O) groups is 2. The lowest BCUT2D eigenvalue weighted by atomic mass is 9.95. The van der Waals surface area contributed by atoms with Crippen LogP contribution in [0.3, 0.4) is 0 Å². The van der Waals surface area contributed by atoms with Gasteiger partial charge < -0.3 is 20.1 Å². The van der Waals surface area contributed by atoms with Crippen molar-refractivity contribution in [3.05, 3.63) is 83.0 Å². The van der Waals surface area contributed by atoms with Crippen molar-refractivity contribution in [1.82, 2.24) is 19.9 Å². The Kier molecular flexibility index (Phi) is 10.2. The van der Waals surface area contributed by atoms with E-state index in [2.05, 4.69) is 15.6 Å². The number of benzene rings is 2. The summed E-state index contributed by atoms with van der Waals surface area (Å²) in [5.74, 6) is -0.527. The van der Waals surface area contributed by atoms with Gasteiger partial charge in [0.25, 0.3) is 15.9 Å². The van der Waals surface area contributed by atoms with Crippen molar-refractivity contribution >= 4 is 22.0 Å². The molecule has 3 aromatic rings. The van der Waals surface area contributed by atoms with Gasteiger partial charge in [-0.1, -0.05) is 30.3 Å². The van der Waals surface area contributed by atoms with Crippen LogP contribution in [0.15, 0.2) is 65.8 Å². The van der Waals surface area contributed by atoms with Gasteiger partial charge >= 0.3 is 12.3 Å². The number of morpholine rings is 1. The molecular weight excluding hydrogens is 613 g/mol. The molecule has 2 aromatic carbocycles. The number of hydrogen-bond acceptors (Lipinski definition) is 7. The van der Waals surface area contributed by atoms with E-state index in [0.717, 1.165) is 12.1 Å². The van der Waals surface area contributed by atoms with Crippen molar-refractivity contribution in [3.63, 3.8) is 0 Å². The number of amides is 2.